The summed E-state index contributed by atoms with van der Waals surface area (Å²) >= 11 is 0. The molecule has 4 nitrogen and oxygen atoms in total. The molecule has 1 fully saturated rings. The van der Waals surface area contributed by atoms with Gasteiger partial charge in [0.1, 0.15) is 0 Å². The first-order valence-electron chi connectivity index (χ1n) is 8.13. The molecule has 0 aliphatic carbocycles. The van der Waals surface area contributed by atoms with Crippen molar-refractivity contribution in [2.75, 3.05) is 0 Å². The maximum absolute atomic E-state index is 12.4. The van der Waals surface area contributed by atoms with Gasteiger partial charge < -0.3 is 15.2 Å². The van der Waals surface area contributed by atoms with Crippen LogP contribution in [0.25, 0.3) is 0 Å². The summed E-state index contributed by atoms with van der Waals surface area (Å²) in [5.41, 5.74) is 1.07. The topological polar surface area (TPSA) is 58.6 Å². The third-order valence-electron chi connectivity index (χ3n) is 4.30. The van der Waals surface area contributed by atoms with Gasteiger partial charge in [-0.15, -0.1) is 0 Å². The summed E-state index contributed by atoms with van der Waals surface area (Å²) in [5, 5.41) is 13.2. The number of carbonyl (C=O) groups is 1. The number of hydrogen-bond donors (Lipinski definition) is 2. The van der Waals surface area contributed by atoms with Crippen LogP contribution in [0.1, 0.15) is 39.2 Å². The van der Waals surface area contributed by atoms with E-state index >= 15 is 0 Å². The summed E-state index contributed by atoms with van der Waals surface area (Å²) < 4.78 is 5.67. The smallest absolute Gasteiger partial charge is 0.223 e. The van der Waals surface area contributed by atoms with E-state index in [2.05, 4.69) is 5.32 Å². The first-order valence-corrected chi connectivity index (χ1v) is 8.13. The van der Waals surface area contributed by atoms with Gasteiger partial charge in [0.25, 0.3) is 0 Å². The first-order chi connectivity index (χ1) is 10.5. The lowest BCUT2D eigenvalue weighted by Gasteiger charge is -2.32. The molecule has 2 N–H and O–H groups in total. The Bertz CT molecular complexity index is 466. The second-order valence-electron chi connectivity index (χ2n) is 6.48. The van der Waals surface area contributed by atoms with Crippen LogP contribution in [0.3, 0.4) is 0 Å². The molecule has 1 aromatic rings. The van der Waals surface area contributed by atoms with E-state index in [1.807, 2.05) is 51.1 Å². The zero-order valence-corrected chi connectivity index (χ0v) is 13.7. The highest BCUT2D eigenvalue weighted by Gasteiger charge is 2.30. The van der Waals surface area contributed by atoms with Gasteiger partial charge in [-0.2, -0.15) is 0 Å². The summed E-state index contributed by atoms with van der Waals surface area (Å²) in [6.07, 6.45) is 1.69. The summed E-state index contributed by atoms with van der Waals surface area (Å²) in [5.74, 6) is 0.00624. The molecule has 2 rings (SSSR count). The number of aliphatic hydroxyl groups excluding tert-OH is 1. The maximum Gasteiger partial charge on any atom is 0.223 e. The van der Waals surface area contributed by atoms with E-state index < -0.39 is 6.10 Å². The summed E-state index contributed by atoms with van der Waals surface area (Å²) in [4.78, 5) is 12.4. The summed E-state index contributed by atoms with van der Waals surface area (Å²) in [7, 11) is 0. The van der Waals surface area contributed by atoms with Gasteiger partial charge >= 0.3 is 0 Å². The zero-order chi connectivity index (χ0) is 16.1. The van der Waals surface area contributed by atoms with Crippen molar-refractivity contribution in [3.05, 3.63) is 35.9 Å². The number of carbonyl (C=O) groups excluding carboxylic acids is 1. The average molecular weight is 305 g/mol. The van der Waals surface area contributed by atoms with Crippen LogP contribution < -0.4 is 5.32 Å². The van der Waals surface area contributed by atoms with Crippen LogP contribution in [-0.4, -0.2) is 35.4 Å². The molecule has 0 saturated carbocycles. The number of nitrogens with one attached hydrogen (secondary N) is 1. The molecule has 1 amide bonds. The van der Waals surface area contributed by atoms with Crippen LogP contribution in [0.2, 0.25) is 0 Å². The van der Waals surface area contributed by atoms with Gasteiger partial charge in [-0.3, -0.25) is 4.79 Å². The molecule has 0 spiro atoms. The molecule has 122 valence electrons. The highest BCUT2D eigenvalue weighted by Crippen LogP contribution is 2.25. The van der Waals surface area contributed by atoms with Crippen molar-refractivity contribution in [3.63, 3.8) is 0 Å². The molecule has 0 bridgehead atoms. The monoisotopic (exact) mass is 305 g/mol. The van der Waals surface area contributed by atoms with Crippen LogP contribution in [0.15, 0.2) is 30.3 Å². The van der Waals surface area contributed by atoms with E-state index in [1.165, 1.54) is 0 Å². The molecule has 1 aliphatic rings. The standard InChI is InChI=1S/C18H27NO3/c1-12-9-16(10-13(2)22-12)18(21)19-14(3)17(20)11-15-7-5-4-6-8-15/h4-8,12-14,16-17,20H,9-11H2,1-3H3,(H,19,21). The van der Waals surface area contributed by atoms with Crippen molar-refractivity contribution >= 4 is 5.91 Å². The van der Waals surface area contributed by atoms with Gasteiger partial charge in [-0.25, -0.2) is 0 Å². The van der Waals surface area contributed by atoms with E-state index in [-0.39, 0.29) is 30.1 Å². The van der Waals surface area contributed by atoms with Gasteiger partial charge in [0.05, 0.1) is 24.4 Å². The first kappa shape index (κ1) is 17.0. The molecule has 0 aromatic heterocycles. The normalized spacial score (nSPS) is 27.9. The minimum absolute atomic E-state index is 0.0230. The van der Waals surface area contributed by atoms with Crippen molar-refractivity contribution in [1.29, 1.82) is 0 Å². The van der Waals surface area contributed by atoms with E-state index in [0.29, 0.717) is 6.42 Å². The molecule has 1 saturated heterocycles. The highest BCUT2D eigenvalue weighted by atomic mass is 16.5. The van der Waals surface area contributed by atoms with Gasteiger partial charge in [-0.1, -0.05) is 30.3 Å². The third kappa shape index (κ3) is 4.82. The Morgan fingerprint density at radius 2 is 1.86 bits per heavy atom. The molecule has 1 aliphatic heterocycles. The Kier molecular flexibility index (Phi) is 5.98. The van der Waals surface area contributed by atoms with E-state index in [0.717, 1.165) is 18.4 Å². The van der Waals surface area contributed by atoms with Crippen LogP contribution >= 0.6 is 0 Å². The number of rotatable bonds is 5. The summed E-state index contributed by atoms with van der Waals surface area (Å²) in [6, 6.07) is 9.57. The third-order valence-corrected chi connectivity index (χ3v) is 4.30. The quantitative estimate of drug-likeness (QED) is 0.877. The average Bonchev–Trinajstić information content (AvgIpc) is 2.47. The van der Waals surface area contributed by atoms with E-state index in [4.69, 9.17) is 4.74 Å². The Balaban J connectivity index is 1.85. The molecule has 0 radical (unpaired) electrons. The van der Waals surface area contributed by atoms with Crippen molar-refractivity contribution in [1.82, 2.24) is 5.32 Å². The number of amides is 1. The van der Waals surface area contributed by atoms with Crippen LogP contribution in [-0.2, 0) is 16.0 Å². The highest BCUT2D eigenvalue weighted by molar-refractivity contribution is 5.79. The van der Waals surface area contributed by atoms with Gasteiger partial charge in [0.2, 0.25) is 5.91 Å². The molecular formula is C18H27NO3. The van der Waals surface area contributed by atoms with E-state index in [1.54, 1.807) is 0 Å². The minimum Gasteiger partial charge on any atom is -0.391 e. The van der Waals surface area contributed by atoms with E-state index in [9.17, 15) is 9.90 Å². The molecule has 4 unspecified atom stereocenters. The largest absolute Gasteiger partial charge is 0.391 e. The fourth-order valence-electron chi connectivity index (χ4n) is 3.09. The Hall–Kier alpha value is -1.39. The van der Waals surface area contributed by atoms with Crippen LogP contribution in [0.4, 0.5) is 0 Å². The molecule has 1 heterocycles. The lowest BCUT2D eigenvalue weighted by atomic mass is 9.91. The Morgan fingerprint density at radius 1 is 1.27 bits per heavy atom. The number of aliphatic hydroxyl groups is 1. The van der Waals surface area contributed by atoms with Crippen LogP contribution in [0, 0.1) is 5.92 Å². The lowest BCUT2D eigenvalue weighted by Crippen LogP contribution is -2.47. The fourth-order valence-corrected chi connectivity index (χ4v) is 3.09. The SMILES string of the molecule is CC1CC(C(=O)NC(C)C(O)Cc2ccccc2)CC(C)O1. The molecule has 22 heavy (non-hydrogen) atoms. The number of benzene rings is 1. The predicted molar refractivity (Wildman–Crippen MR) is 86.5 cm³/mol. The van der Waals surface area contributed by atoms with Crippen molar-refractivity contribution < 1.29 is 14.6 Å². The molecule has 1 aromatic carbocycles. The molecule has 4 atom stereocenters. The maximum atomic E-state index is 12.4. The van der Waals surface area contributed by atoms with Gasteiger partial charge in [0, 0.05) is 12.3 Å². The summed E-state index contributed by atoms with van der Waals surface area (Å²) in [6.45, 7) is 5.87. The Morgan fingerprint density at radius 3 is 2.45 bits per heavy atom. The molecule has 4 heteroatoms. The lowest BCUT2D eigenvalue weighted by molar-refractivity contribution is -0.134. The number of hydrogen-bond acceptors (Lipinski definition) is 3. The second-order valence-corrected chi connectivity index (χ2v) is 6.48. The minimum atomic E-state index is -0.582. The predicted octanol–water partition coefficient (Wildman–Crippen LogP) is 2.30. The van der Waals surface area contributed by atoms with Crippen molar-refractivity contribution in [2.45, 2.75) is 64.4 Å². The van der Waals surface area contributed by atoms with Crippen LogP contribution in [0.5, 0.6) is 0 Å². The fraction of sp³-hybridized carbons (Fsp3) is 0.611. The van der Waals surface area contributed by atoms with Gasteiger partial charge in [-0.05, 0) is 39.2 Å². The van der Waals surface area contributed by atoms with Crippen molar-refractivity contribution in [3.8, 4) is 0 Å². The second kappa shape index (κ2) is 7.75. The zero-order valence-electron chi connectivity index (χ0n) is 13.7. The van der Waals surface area contributed by atoms with Gasteiger partial charge in [0.15, 0.2) is 0 Å². The van der Waals surface area contributed by atoms with Crippen molar-refractivity contribution in [2.24, 2.45) is 5.92 Å². The Labute approximate surface area is 132 Å². The number of ether oxygens (including phenoxy) is 1. The molecular weight excluding hydrogens is 278 g/mol.